The van der Waals surface area contributed by atoms with Crippen molar-refractivity contribution in [1.82, 2.24) is 9.80 Å². The van der Waals surface area contributed by atoms with Gasteiger partial charge in [-0.05, 0) is 25.0 Å². The Morgan fingerprint density at radius 1 is 0.920 bits per heavy atom. The molecule has 0 radical (unpaired) electrons. The molecule has 7 nitrogen and oxygen atoms in total. The Hall–Kier alpha value is -2.15. The molecule has 2 fully saturated rings. The van der Waals surface area contributed by atoms with Crippen molar-refractivity contribution in [2.45, 2.75) is 25.7 Å². The van der Waals surface area contributed by atoms with Gasteiger partial charge in [0.15, 0.2) is 0 Å². The summed E-state index contributed by atoms with van der Waals surface area (Å²) in [6, 6.07) is 6.70. The summed E-state index contributed by atoms with van der Waals surface area (Å²) in [7, 11) is 0. The molecule has 0 bridgehead atoms. The fraction of sp³-hybridized carbons (Fsp3) is 0.611. The summed E-state index contributed by atoms with van der Waals surface area (Å²) in [5, 5.41) is 10.7. The van der Waals surface area contributed by atoms with E-state index in [4.69, 9.17) is 0 Å². The molecule has 7 heteroatoms. The van der Waals surface area contributed by atoms with Crippen LogP contribution in [0.25, 0.3) is 0 Å². The van der Waals surface area contributed by atoms with Crippen molar-refractivity contribution in [2.75, 3.05) is 50.7 Å². The minimum absolute atomic E-state index is 0.116. The number of nitro groups is 1. The highest BCUT2D eigenvalue weighted by Gasteiger charge is 2.22. The van der Waals surface area contributed by atoms with E-state index in [9.17, 15) is 14.9 Å². The van der Waals surface area contributed by atoms with Gasteiger partial charge in [-0.15, -0.1) is 0 Å². The van der Waals surface area contributed by atoms with Crippen LogP contribution in [0.2, 0.25) is 0 Å². The Bertz CT molecular complexity index is 589. The number of carbonyl (C=O) groups excluding carboxylic acids is 1. The van der Waals surface area contributed by atoms with Crippen LogP contribution in [0.5, 0.6) is 0 Å². The lowest BCUT2D eigenvalue weighted by Crippen LogP contribution is -2.50. The van der Waals surface area contributed by atoms with E-state index in [0.717, 1.165) is 57.8 Å². The van der Waals surface area contributed by atoms with Crippen molar-refractivity contribution in [1.29, 1.82) is 0 Å². The lowest BCUT2D eigenvalue weighted by molar-refractivity contribution is -0.384. The Kier molecular flexibility index (Phi) is 5.86. The van der Waals surface area contributed by atoms with Crippen molar-refractivity contribution >= 4 is 17.3 Å². The second-order valence-corrected chi connectivity index (χ2v) is 6.83. The topological polar surface area (TPSA) is 69.9 Å². The van der Waals surface area contributed by atoms with Gasteiger partial charge in [0, 0.05) is 57.1 Å². The fourth-order valence-electron chi connectivity index (χ4n) is 3.56. The molecule has 2 aliphatic heterocycles. The average Bonchev–Trinajstić information content (AvgIpc) is 2.92. The molecule has 0 aliphatic carbocycles. The largest absolute Gasteiger partial charge is 0.369 e. The molecule has 2 aliphatic rings. The zero-order valence-electron chi connectivity index (χ0n) is 14.6. The van der Waals surface area contributed by atoms with Gasteiger partial charge < -0.3 is 9.80 Å². The van der Waals surface area contributed by atoms with Gasteiger partial charge in [0.1, 0.15) is 0 Å². The SMILES string of the molecule is O=C(CN1CCN(c2ccc([N+](=O)[O-])cc2)CC1)N1CCCCCC1. The first-order valence-corrected chi connectivity index (χ1v) is 9.13. The van der Waals surface area contributed by atoms with E-state index in [-0.39, 0.29) is 16.5 Å². The van der Waals surface area contributed by atoms with Crippen LogP contribution < -0.4 is 4.90 Å². The molecule has 2 saturated heterocycles. The van der Waals surface area contributed by atoms with Crippen LogP contribution in [0.4, 0.5) is 11.4 Å². The van der Waals surface area contributed by atoms with Crippen molar-refractivity contribution in [3.8, 4) is 0 Å². The maximum atomic E-state index is 12.5. The monoisotopic (exact) mass is 346 g/mol. The lowest BCUT2D eigenvalue weighted by Gasteiger charge is -2.36. The maximum Gasteiger partial charge on any atom is 0.269 e. The van der Waals surface area contributed by atoms with Gasteiger partial charge in [-0.3, -0.25) is 19.8 Å². The van der Waals surface area contributed by atoms with Crippen LogP contribution in [0, 0.1) is 10.1 Å². The number of amides is 1. The van der Waals surface area contributed by atoms with Gasteiger partial charge in [0.2, 0.25) is 5.91 Å². The van der Waals surface area contributed by atoms with Crippen LogP contribution in [-0.4, -0.2) is 66.4 Å². The van der Waals surface area contributed by atoms with Crippen molar-refractivity contribution < 1.29 is 9.72 Å². The summed E-state index contributed by atoms with van der Waals surface area (Å²) in [6.45, 7) is 5.68. The predicted octanol–water partition coefficient (Wildman–Crippen LogP) is 2.12. The number of nitro benzene ring substituents is 1. The number of non-ortho nitro benzene ring substituents is 1. The van der Waals surface area contributed by atoms with E-state index < -0.39 is 0 Å². The maximum absolute atomic E-state index is 12.5. The lowest BCUT2D eigenvalue weighted by atomic mass is 10.2. The van der Waals surface area contributed by atoms with Gasteiger partial charge in [-0.1, -0.05) is 12.8 Å². The number of piperazine rings is 1. The summed E-state index contributed by atoms with van der Waals surface area (Å²) in [4.78, 5) is 29.3. The Morgan fingerprint density at radius 3 is 2.08 bits per heavy atom. The summed E-state index contributed by atoms with van der Waals surface area (Å²) < 4.78 is 0. The molecule has 0 N–H and O–H groups in total. The molecular weight excluding hydrogens is 320 g/mol. The van der Waals surface area contributed by atoms with Gasteiger partial charge in [0.05, 0.1) is 11.5 Å². The second-order valence-electron chi connectivity index (χ2n) is 6.83. The zero-order valence-corrected chi connectivity index (χ0v) is 14.6. The van der Waals surface area contributed by atoms with E-state index in [1.54, 1.807) is 24.3 Å². The molecule has 1 aromatic carbocycles. The molecule has 136 valence electrons. The smallest absolute Gasteiger partial charge is 0.269 e. The molecule has 3 rings (SSSR count). The van der Waals surface area contributed by atoms with Crippen molar-refractivity contribution in [3.63, 3.8) is 0 Å². The third-order valence-corrected chi connectivity index (χ3v) is 5.12. The molecule has 0 unspecified atom stereocenters. The Morgan fingerprint density at radius 2 is 1.52 bits per heavy atom. The number of anilines is 1. The first-order chi connectivity index (χ1) is 12.1. The van der Waals surface area contributed by atoms with Crippen LogP contribution in [0.3, 0.4) is 0 Å². The molecular formula is C18H26N4O3. The highest BCUT2D eigenvalue weighted by atomic mass is 16.6. The quantitative estimate of drug-likeness (QED) is 0.617. The fourth-order valence-corrected chi connectivity index (χ4v) is 3.56. The molecule has 1 aromatic rings. The molecule has 2 heterocycles. The molecule has 25 heavy (non-hydrogen) atoms. The summed E-state index contributed by atoms with van der Waals surface area (Å²) in [5.74, 6) is 0.255. The molecule has 0 aromatic heterocycles. The highest BCUT2D eigenvalue weighted by molar-refractivity contribution is 5.78. The summed E-state index contributed by atoms with van der Waals surface area (Å²) >= 11 is 0. The van der Waals surface area contributed by atoms with Crippen LogP contribution in [-0.2, 0) is 4.79 Å². The highest BCUT2D eigenvalue weighted by Crippen LogP contribution is 2.20. The van der Waals surface area contributed by atoms with Crippen LogP contribution >= 0.6 is 0 Å². The van der Waals surface area contributed by atoms with E-state index >= 15 is 0 Å². The van der Waals surface area contributed by atoms with E-state index in [2.05, 4.69) is 9.80 Å². The van der Waals surface area contributed by atoms with E-state index in [1.807, 2.05) is 4.90 Å². The number of benzene rings is 1. The summed E-state index contributed by atoms with van der Waals surface area (Å²) in [6.07, 6.45) is 4.72. The normalized spacial score (nSPS) is 19.5. The third-order valence-electron chi connectivity index (χ3n) is 5.12. The Balaban J connectivity index is 1.48. The number of carbonyl (C=O) groups is 1. The zero-order chi connectivity index (χ0) is 17.6. The first-order valence-electron chi connectivity index (χ1n) is 9.13. The number of nitrogens with zero attached hydrogens (tertiary/aromatic N) is 4. The Labute approximate surface area is 148 Å². The first kappa shape index (κ1) is 17.7. The predicted molar refractivity (Wildman–Crippen MR) is 96.8 cm³/mol. The molecule has 0 spiro atoms. The van der Waals surface area contributed by atoms with Gasteiger partial charge in [-0.25, -0.2) is 0 Å². The standard InChI is InChI=1S/C18H26N4O3/c23-18(21-9-3-1-2-4-10-21)15-19-11-13-20(14-12-19)16-5-7-17(8-6-16)22(24)25/h5-8H,1-4,9-15H2. The van der Waals surface area contributed by atoms with Gasteiger partial charge >= 0.3 is 0 Å². The number of rotatable bonds is 4. The van der Waals surface area contributed by atoms with Crippen LogP contribution in [0.15, 0.2) is 24.3 Å². The number of hydrogen-bond donors (Lipinski definition) is 0. The van der Waals surface area contributed by atoms with Gasteiger partial charge in [-0.2, -0.15) is 0 Å². The third kappa shape index (κ3) is 4.69. The minimum atomic E-state index is -0.379. The molecule has 1 amide bonds. The second kappa shape index (κ2) is 8.29. The van der Waals surface area contributed by atoms with Crippen molar-refractivity contribution in [2.24, 2.45) is 0 Å². The number of hydrogen-bond acceptors (Lipinski definition) is 5. The van der Waals surface area contributed by atoms with Crippen molar-refractivity contribution in [3.05, 3.63) is 34.4 Å². The summed E-state index contributed by atoms with van der Waals surface area (Å²) in [5.41, 5.74) is 1.12. The van der Waals surface area contributed by atoms with E-state index in [1.165, 1.54) is 12.8 Å². The van der Waals surface area contributed by atoms with Gasteiger partial charge in [0.25, 0.3) is 5.69 Å². The molecule has 0 atom stereocenters. The molecule has 0 saturated carbocycles. The average molecular weight is 346 g/mol. The minimum Gasteiger partial charge on any atom is -0.369 e. The van der Waals surface area contributed by atoms with E-state index in [0.29, 0.717) is 6.54 Å². The number of likely N-dealkylation sites (tertiary alicyclic amines) is 1. The van der Waals surface area contributed by atoms with Crippen LogP contribution in [0.1, 0.15) is 25.7 Å².